The third-order valence-electron chi connectivity index (χ3n) is 5.11. The van der Waals surface area contributed by atoms with Gasteiger partial charge in [0.15, 0.2) is 29.3 Å². The molecule has 12 nitrogen and oxygen atoms in total. The zero-order chi connectivity index (χ0) is 23.4. The number of benzene rings is 1. The largest absolute Gasteiger partial charge is 0.455 e. The van der Waals surface area contributed by atoms with Gasteiger partial charge in [-0.05, 0) is 18.6 Å². The third kappa shape index (κ3) is 4.77. The number of aromatic nitrogens is 4. The number of aliphatic hydroxyl groups is 2. The maximum Gasteiger partial charge on any atom is 0.324 e. The quantitative estimate of drug-likeness (QED) is 0.386. The highest BCUT2D eigenvalue weighted by atomic mass is 16.6. The number of imidazole rings is 1. The van der Waals surface area contributed by atoms with Crippen LogP contribution >= 0.6 is 0 Å². The number of fused-ring (bicyclic) bond motifs is 1. The van der Waals surface area contributed by atoms with Crippen LogP contribution in [0, 0.1) is 0 Å². The summed E-state index contributed by atoms with van der Waals surface area (Å²) in [7, 11) is 0. The molecule has 0 saturated carbocycles. The first kappa shape index (κ1) is 22.6. The van der Waals surface area contributed by atoms with Gasteiger partial charge in [0.05, 0.1) is 12.9 Å². The molecule has 2 amide bonds. The Kier molecular flexibility index (Phi) is 6.77. The van der Waals surface area contributed by atoms with Crippen molar-refractivity contribution in [1.82, 2.24) is 19.5 Å². The summed E-state index contributed by atoms with van der Waals surface area (Å²) >= 11 is 0. The van der Waals surface area contributed by atoms with Crippen LogP contribution in [0.15, 0.2) is 43.0 Å². The Bertz CT molecular complexity index is 1120. The van der Waals surface area contributed by atoms with Crippen LogP contribution < -0.4 is 10.6 Å². The molecule has 2 unspecified atom stereocenters. The van der Waals surface area contributed by atoms with Gasteiger partial charge in [-0.15, -0.1) is 0 Å². The van der Waals surface area contributed by atoms with E-state index in [0.717, 1.165) is 0 Å². The van der Waals surface area contributed by atoms with Crippen LogP contribution in [0.25, 0.3) is 11.2 Å². The van der Waals surface area contributed by atoms with E-state index >= 15 is 0 Å². The van der Waals surface area contributed by atoms with Crippen molar-refractivity contribution in [2.24, 2.45) is 0 Å². The minimum atomic E-state index is -1.24. The van der Waals surface area contributed by atoms with Crippen LogP contribution in [-0.2, 0) is 14.3 Å². The molecule has 0 radical (unpaired) electrons. The van der Waals surface area contributed by atoms with E-state index in [4.69, 9.17) is 9.47 Å². The van der Waals surface area contributed by atoms with Crippen LogP contribution in [0.1, 0.15) is 26.0 Å². The number of anilines is 2. The zero-order valence-electron chi connectivity index (χ0n) is 17.8. The standard InChI is InChI=1S/C21H24N6O6/c1-2-6-14(29)33-17-16(30)13(9-28)32-20(17)27-11-24-15-18(22-10-23-19(15)27)26-21(31)25-12-7-4-3-5-8-12/h3-5,7-8,10-11,13,16-17,20,28,30H,2,6,9H2,1H3,(H2,22,23,25,26,31)/t13-,16?,17?,20-/m1/s1. The molecule has 4 rings (SSSR count). The molecule has 4 N–H and O–H groups in total. The molecular formula is C21H24N6O6. The van der Waals surface area contributed by atoms with E-state index in [1.807, 2.05) is 13.0 Å². The number of nitrogens with one attached hydrogen (secondary N) is 2. The van der Waals surface area contributed by atoms with Gasteiger partial charge >= 0.3 is 12.0 Å². The second-order valence-corrected chi connectivity index (χ2v) is 7.43. The Labute approximate surface area is 188 Å². The summed E-state index contributed by atoms with van der Waals surface area (Å²) < 4.78 is 12.7. The lowest BCUT2D eigenvalue weighted by molar-refractivity contribution is -0.158. The van der Waals surface area contributed by atoms with E-state index in [9.17, 15) is 19.8 Å². The number of urea groups is 1. The lowest BCUT2D eigenvalue weighted by Gasteiger charge is -2.21. The predicted molar refractivity (Wildman–Crippen MR) is 116 cm³/mol. The summed E-state index contributed by atoms with van der Waals surface area (Å²) in [4.78, 5) is 37.1. The maximum absolute atomic E-state index is 12.4. The highest BCUT2D eigenvalue weighted by molar-refractivity contribution is 6.02. The van der Waals surface area contributed by atoms with E-state index in [0.29, 0.717) is 12.1 Å². The van der Waals surface area contributed by atoms with Crippen LogP contribution in [0.3, 0.4) is 0 Å². The number of hydrogen-bond donors (Lipinski definition) is 4. The van der Waals surface area contributed by atoms with Gasteiger partial charge < -0.3 is 25.0 Å². The van der Waals surface area contributed by atoms with Gasteiger partial charge in [0, 0.05) is 12.1 Å². The zero-order valence-corrected chi connectivity index (χ0v) is 17.8. The summed E-state index contributed by atoms with van der Waals surface area (Å²) in [5.41, 5.74) is 1.16. The SMILES string of the molecule is CCCC(=O)OC1C(O)[C@@H](CO)O[C@H]1n1cnc2c(NC(=O)Nc3ccccc3)ncnc21. The number of rotatable bonds is 7. The molecule has 4 atom stereocenters. The summed E-state index contributed by atoms with van der Waals surface area (Å²) in [6.45, 7) is 1.37. The van der Waals surface area contributed by atoms with E-state index in [1.54, 1.807) is 24.3 Å². The number of hydrogen-bond acceptors (Lipinski definition) is 9. The topological polar surface area (TPSA) is 161 Å². The second-order valence-electron chi connectivity index (χ2n) is 7.43. The molecule has 3 aromatic rings. The molecule has 174 valence electrons. The van der Waals surface area contributed by atoms with Crippen LogP contribution in [0.4, 0.5) is 16.3 Å². The van der Waals surface area contributed by atoms with Gasteiger partial charge in [-0.3, -0.25) is 14.7 Å². The molecule has 1 aliphatic heterocycles. The second kappa shape index (κ2) is 9.90. The van der Waals surface area contributed by atoms with Crippen LogP contribution in [0.2, 0.25) is 0 Å². The number of nitrogens with zero attached hydrogens (tertiary/aromatic N) is 4. The van der Waals surface area contributed by atoms with Crippen molar-refractivity contribution in [1.29, 1.82) is 0 Å². The Morgan fingerprint density at radius 2 is 1.97 bits per heavy atom. The third-order valence-corrected chi connectivity index (χ3v) is 5.11. The summed E-state index contributed by atoms with van der Waals surface area (Å²) in [5.74, 6) is -0.336. The van der Waals surface area contributed by atoms with Crippen LogP contribution in [0.5, 0.6) is 0 Å². The maximum atomic E-state index is 12.4. The van der Waals surface area contributed by atoms with E-state index < -0.39 is 43.1 Å². The summed E-state index contributed by atoms with van der Waals surface area (Å²) in [6, 6.07) is 8.38. The lowest BCUT2D eigenvalue weighted by Crippen LogP contribution is -2.37. The molecule has 1 saturated heterocycles. The number of aliphatic hydroxyl groups excluding tert-OH is 2. The number of carbonyl (C=O) groups excluding carboxylic acids is 2. The Balaban J connectivity index is 1.59. The molecular weight excluding hydrogens is 432 g/mol. The number of amides is 2. The molecule has 12 heteroatoms. The fraction of sp³-hybridized carbons (Fsp3) is 0.381. The normalized spacial score (nSPS) is 22.3. The average molecular weight is 456 g/mol. The molecule has 0 spiro atoms. The van der Waals surface area contributed by atoms with E-state index in [-0.39, 0.29) is 23.4 Å². The first-order chi connectivity index (χ1) is 16.0. The highest BCUT2D eigenvalue weighted by Gasteiger charge is 2.47. The fourth-order valence-electron chi connectivity index (χ4n) is 3.56. The van der Waals surface area contributed by atoms with Gasteiger partial charge in [-0.25, -0.2) is 19.7 Å². The molecule has 1 fully saturated rings. The number of ether oxygens (including phenoxy) is 2. The molecule has 2 aromatic heterocycles. The van der Waals surface area contributed by atoms with Gasteiger partial charge in [-0.2, -0.15) is 0 Å². The van der Waals surface area contributed by atoms with Crippen molar-refractivity contribution in [2.75, 3.05) is 17.2 Å². The number of para-hydroxylation sites is 1. The molecule has 1 aromatic carbocycles. The average Bonchev–Trinajstić information content (AvgIpc) is 3.36. The monoisotopic (exact) mass is 456 g/mol. The predicted octanol–water partition coefficient (Wildman–Crippen LogP) is 1.43. The first-order valence-electron chi connectivity index (χ1n) is 10.5. The minimum Gasteiger partial charge on any atom is -0.455 e. The molecule has 3 heterocycles. The molecule has 1 aliphatic rings. The highest BCUT2D eigenvalue weighted by Crippen LogP contribution is 2.34. The number of esters is 1. The first-order valence-corrected chi connectivity index (χ1v) is 10.5. The van der Waals surface area contributed by atoms with Gasteiger partial charge in [-0.1, -0.05) is 25.1 Å². The fourth-order valence-corrected chi connectivity index (χ4v) is 3.56. The van der Waals surface area contributed by atoms with Crippen molar-refractivity contribution in [2.45, 2.75) is 44.3 Å². The van der Waals surface area contributed by atoms with E-state index in [1.165, 1.54) is 17.2 Å². The molecule has 0 aliphatic carbocycles. The molecule has 33 heavy (non-hydrogen) atoms. The van der Waals surface area contributed by atoms with Crippen LogP contribution in [-0.4, -0.2) is 66.7 Å². The Hall–Kier alpha value is -3.61. The lowest BCUT2D eigenvalue weighted by atomic mass is 10.1. The van der Waals surface area contributed by atoms with Gasteiger partial charge in [0.25, 0.3) is 0 Å². The van der Waals surface area contributed by atoms with E-state index in [2.05, 4.69) is 25.6 Å². The van der Waals surface area contributed by atoms with Crippen molar-refractivity contribution in [3.05, 3.63) is 43.0 Å². The molecule has 0 bridgehead atoms. The Morgan fingerprint density at radius 3 is 2.70 bits per heavy atom. The van der Waals surface area contributed by atoms with Gasteiger partial charge in [0.2, 0.25) is 0 Å². The summed E-state index contributed by atoms with van der Waals surface area (Å²) in [5, 5.41) is 25.4. The summed E-state index contributed by atoms with van der Waals surface area (Å²) in [6.07, 6.45) is -0.870. The Morgan fingerprint density at radius 1 is 1.18 bits per heavy atom. The van der Waals surface area contributed by atoms with Crippen molar-refractivity contribution in [3.63, 3.8) is 0 Å². The minimum absolute atomic E-state index is 0.156. The van der Waals surface area contributed by atoms with Gasteiger partial charge in [0.1, 0.15) is 18.5 Å². The smallest absolute Gasteiger partial charge is 0.324 e. The van der Waals surface area contributed by atoms with Crippen molar-refractivity contribution >= 4 is 34.7 Å². The number of carbonyl (C=O) groups is 2. The van der Waals surface area contributed by atoms with Crippen molar-refractivity contribution in [3.8, 4) is 0 Å². The van der Waals surface area contributed by atoms with Crippen molar-refractivity contribution < 1.29 is 29.3 Å².